The largest absolute Gasteiger partial charge is 0.448 e. The van der Waals surface area contributed by atoms with Crippen LogP contribution in [0.2, 0.25) is 0 Å². The second-order valence-corrected chi connectivity index (χ2v) is 4.90. The number of rotatable bonds is 3. The lowest BCUT2D eigenvalue weighted by molar-refractivity contribution is 0.0665. The van der Waals surface area contributed by atoms with Crippen LogP contribution in [0, 0.1) is 0 Å². The number of nitrogens with zero attached hydrogens (tertiary/aromatic N) is 5. The lowest BCUT2D eigenvalue weighted by Gasteiger charge is -2.32. The summed E-state index contributed by atoms with van der Waals surface area (Å²) in [5, 5.41) is 4.16. The Labute approximate surface area is 116 Å². The van der Waals surface area contributed by atoms with Gasteiger partial charge in [-0.3, -0.25) is 4.79 Å². The van der Waals surface area contributed by atoms with Crippen LogP contribution in [0.25, 0.3) is 0 Å². The molecule has 0 aliphatic carbocycles. The second-order valence-electron chi connectivity index (χ2n) is 4.90. The van der Waals surface area contributed by atoms with E-state index in [1.807, 2.05) is 16.5 Å². The van der Waals surface area contributed by atoms with Gasteiger partial charge in [0.2, 0.25) is 0 Å². The first-order valence-electron chi connectivity index (χ1n) is 6.85. The minimum atomic E-state index is -0.0552. The van der Waals surface area contributed by atoms with E-state index in [-0.39, 0.29) is 11.9 Å². The first-order chi connectivity index (χ1) is 9.79. The van der Waals surface area contributed by atoms with Gasteiger partial charge in [-0.1, -0.05) is 6.92 Å². The number of amides is 1. The van der Waals surface area contributed by atoms with Gasteiger partial charge in [-0.25, -0.2) is 14.6 Å². The second kappa shape index (κ2) is 5.44. The molecule has 1 fully saturated rings. The zero-order valence-electron chi connectivity index (χ0n) is 11.4. The SMILES string of the molecule is CCc1ocnc1C(=O)N1CCC[C@H](n2cncn2)C1. The first kappa shape index (κ1) is 12.8. The van der Waals surface area contributed by atoms with Crippen molar-refractivity contribution in [3.8, 4) is 0 Å². The highest BCUT2D eigenvalue weighted by atomic mass is 16.3. The number of likely N-dealkylation sites (tertiary alicyclic amines) is 1. The van der Waals surface area contributed by atoms with Gasteiger partial charge < -0.3 is 9.32 Å². The molecule has 0 bridgehead atoms. The predicted molar refractivity (Wildman–Crippen MR) is 70.1 cm³/mol. The van der Waals surface area contributed by atoms with Gasteiger partial charge in [-0.2, -0.15) is 5.10 Å². The summed E-state index contributed by atoms with van der Waals surface area (Å²) in [6.07, 6.45) is 7.19. The Morgan fingerprint density at radius 3 is 3.20 bits per heavy atom. The molecule has 3 rings (SSSR count). The normalized spacial score (nSPS) is 19.2. The Morgan fingerprint density at radius 2 is 2.45 bits per heavy atom. The number of carbonyl (C=O) groups excluding carboxylic acids is 1. The molecule has 106 valence electrons. The number of hydrogen-bond donors (Lipinski definition) is 0. The minimum absolute atomic E-state index is 0.0552. The van der Waals surface area contributed by atoms with Crippen LogP contribution in [0.5, 0.6) is 0 Å². The summed E-state index contributed by atoms with van der Waals surface area (Å²) in [6, 6.07) is 0.187. The van der Waals surface area contributed by atoms with Crippen LogP contribution in [-0.2, 0) is 6.42 Å². The third kappa shape index (κ3) is 2.31. The van der Waals surface area contributed by atoms with E-state index in [4.69, 9.17) is 4.42 Å². The Hall–Kier alpha value is -2.18. The molecule has 0 aromatic carbocycles. The highest BCUT2D eigenvalue weighted by molar-refractivity contribution is 5.93. The Kier molecular flexibility index (Phi) is 3.49. The maximum Gasteiger partial charge on any atom is 0.276 e. The highest BCUT2D eigenvalue weighted by Crippen LogP contribution is 2.22. The monoisotopic (exact) mass is 275 g/mol. The minimum Gasteiger partial charge on any atom is -0.448 e. The number of aromatic nitrogens is 4. The summed E-state index contributed by atoms with van der Waals surface area (Å²) < 4.78 is 7.06. The predicted octanol–water partition coefficient (Wildman–Crippen LogP) is 1.31. The molecule has 1 amide bonds. The van der Waals surface area contributed by atoms with E-state index in [0.29, 0.717) is 24.4 Å². The zero-order chi connectivity index (χ0) is 13.9. The average Bonchev–Trinajstić information content (AvgIpc) is 3.17. The van der Waals surface area contributed by atoms with Crippen LogP contribution in [-0.4, -0.2) is 43.6 Å². The molecule has 1 atom stereocenters. The molecule has 2 aromatic rings. The van der Waals surface area contributed by atoms with Gasteiger partial charge in [0, 0.05) is 19.5 Å². The van der Waals surface area contributed by atoms with Gasteiger partial charge in [-0.15, -0.1) is 0 Å². The number of oxazole rings is 1. The van der Waals surface area contributed by atoms with Gasteiger partial charge in [0.1, 0.15) is 18.4 Å². The number of hydrogen-bond acceptors (Lipinski definition) is 5. The van der Waals surface area contributed by atoms with Crippen LogP contribution in [0.15, 0.2) is 23.5 Å². The quantitative estimate of drug-likeness (QED) is 0.844. The number of piperidine rings is 1. The van der Waals surface area contributed by atoms with Crippen LogP contribution >= 0.6 is 0 Å². The molecule has 3 heterocycles. The van der Waals surface area contributed by atoms with Crippen LogP contribution in [0.4, 0.5) is 0 Å². The van der Waals surface area contributed by atoms with Gasteiger partial charge >= 0.3 is 0 Å². The molecule has 0 unspecified atom stereocenters. The van der Waals surface area contributed by atoms with Crippen molar-refractivity contribution in [2.75, 3.05) is 13.1 Å². The third-order valence-corrected chi connectivity index (χ3v) is 3.66. The maximum atomic E-state index is 12.5. The lowest BCUT2D eigenvalue weighted by Crippen LogP contribution is -2.41. The number of aryl methyl sites for hydroxylation is 1. The molecule has 0 saturated carbocycles. The molecule has 2 aromatic heterocycles. The van der Waals surface area contributed by atoms with Crippen LogP contribution in [0.1, 0.15) is 42.1 Å². The van der Waals surface area contributed by atoms with Crippen molar-refractivity contribution in [3.63, 3.8) is 0 Å². The molecule has 0 spiro atoms. The molecule has 1 aliphatic heterocycles. The van der Waals surface area contributed by atoms with Gasteiger partial charge in [0.15, 0.2) is 12.1 Å². The van der Waals surface area contributed by atoms with Crippen molar-refractivity contribution >= 4 is 5.91 Å². The van der Waals surface area contributed by atoms with Crippen molar-refractivity contribution in [2.24, 2.45) is 0 Å². The van der Waals surface area contributed by atoms with E-state index in [9.17, 15) is 4.79 Å². The fourth-order valence-electron chi connectivity index (χ4n) is 2.61. The summed E-state index contributed by atoms with van der Waals surface area (Å²) in [4.78, 5) is 22.4. The van der Waals surface area contributed by atoms with Crippen molar-refractivity contribution in [2.45, 2.75) is 32.2 Å². The number of carbonyl (C=O) groups is 1. The Bertz CT molecular complexity index is 577. The van der Waals surface area contributed by atoms with Crippen LogP contribution < -0.4 is 0 Å². The molecule has 20 heavy (non-hydrogen) atoms. The average molecular weight is 275 g/mol. The maximum absolute atomic E-state index is 12.5. The molecule has 1 saturated heterocycles. The van der Waals surface area contributed by atoms with Crippen molar-refractivity contribution in [1.29, 1.82) is 0 Å². The van der Waals surface area contributed by atoms with E-state index in [0.717, 1.165) is 19.4 Å². The zero-order valence-corrected chi connectivity index (χ0v) is 11.4. The molecule has 7 nitrogen and oxygen atoms in total. The standard InChI is InChI=1S/C13H17N5O2/c1-2-11-12(15-9-20-11)13(19)17-5-3-4-10(6-17)18-8-14-7-16-18/h7-10H,2-6H2,1H3/t10-/m0/s1. The summed E-state index contributed by atoms with van der Waals surface area (Å²) in [5.41, 5.74) is 0.437. The molecule has 1 aliphatic rings. The van der Waals surface area contributed by atoms with E-state index < -0.39 is 0 Å². The van der Waals surface area contributed by atoms with E-state index >= 15 is 0 Å². The lowest BCUT2D eigenvalue weighted by atomic mass is 10.1. The van der Waals surface area contributed by atoms with Crippen molar-refractivity contribution in [1.82, 2.24) is 24.6 Å². The van der Waals surface area contributed by atoms with Crippen molar-refractivity contribution < 1.29 is 9.21 Å². The fourth-order valence-corrected chi connectivity index (χ4v) is 2.61. The summed E-state index contributed by atoms with van der Waals surface area (Å²) in [5.74, 6) is 0.596. The summed E-state index contributed by atoms with van der Waals surface area (Å²) in [7, 11) is 0. The van der Waals surface area contributed by atoms with E-state index in [1.54, 1.807) is 6.33 Å². The molecule has 0 N–H and O–H groups in total. The first-order valence-corrected chi connectivity index (χ1v) is 6.85. The molecular formula is C13H17N5O2. The Balaban J connectivity index is 1.75. The van der Waals surface area contributed by atoms with Crippen LogP contribution in [0.3, 0.4) is 0 Å². The smallest absolute Gasteiger partial charge is 0.276 e. The Morgan fingerprint density at radius 1 is 1.55 bits per heavy atom. The van der Waals surface area contributed by atoms with Gasteiger partial charge in [0.05, 0.1) is 6.04 Å². The molecule has 7 heteroatoms. The highest BCUT2D eigenvalue weighted by Gasteiger charge is 2.28. The fraction of sp³-hybridized carbons (Fsp3) is 0.538. The summed E-state index contributed by atoms with van der Waals surface area (Å²) in [6.45, 7) is 3.34. The third-order valence-electron chi connectivity index (χ3n) is 3.66. The summed E-state index contributed by atoms with van der Waals surface area (Å²) >= 11 is 0. The molecule has 0 radical (unpaired) electrons. The topological polar surface area (TPSA) is 77.0 Å². The van der Waals surface area contributed by atoms with Gasteiger partial charge in [-0.05, 0) is 12.8 Å². The van der Waals surface area contributed by atoms with E-state index in [2.05, 4.69) is 15.1 Å². The van der Waals surface area contributed by atoms with Crippen molar-refractivity contribution in [3.05, 3.63) is 30.5 Å². The molecular weight excluding hydrogens is 258 g/mol. The van der Waals surface area contributed by atoms with E-state index in [1.165, 1.54) is 12.7 Å². The van der Waals surface area contributed by atoms with Gasteiger partial charge in [0.25, 0.3) is 5.91 Å².